The maximum Gasteiger partial charge on any atom is 0.268 e. The zero-order valence-corrected chi connectivity index (χ0v) is 16.5. The molecule has 0 rings (SSSR count). The molecular formula is C11H29BN2O5P2S. The molecule has 0 aromatic heterocycles. The molecular weight excluding hydrogens is 345 g/mol. The molecule has 22 heavy (non-hydrogen) atoms. The summed E-state index contributed by atoms with van der Waals surface area (Å²) in [7, 11) is 3.57. The van der Waals surface area contributed by atoms with Crippen LogP contribution in [0.3, 0.4) is 0 Å². The molecule has 11 heteroatoms. The second-order valence-electron chi connectivity index (χ2n) is 5.39. The summed E-state index contributed by atoms with van der Waals surface area (Å²) < 4.78 is 34.7. The van der Waals surface area contributed by atoms with Gasteiger partial charge < -0.3 is 29.3 Å². The molecule has 0 aromatic rings. The molecule has 0 fully saturated rings. The van der Waals surface area contributed by atoms with Gasteiger partial charge in [0.1, 0.15) is 13.2 Å². The maximum atomic E-state index is 11.5. The Hall–Kier alpha value is 0.575. The van der Waals surface area contributed by atoms with Crippen molar-refractivity contribution in [3.05, 3.63) is 12.2 Å². The van der Waals surface area contributed by atoms with Crippen LogP contribution >= 0.6 is 29.4 Å². The highest BCUT2D eigenvalue weighted by molar-refractivity contribution is 8.20. The summed E-state index contributed by atoms with van der Waals surface area (Å²) in [5.41, 5.74) is 5.68. The molecule has 0 radical (unpaired) electrons. The Morgan fingerprint density at radius 1 is 1.68 bits per heavy atom. The molecule has 7 nitrogen and oxygen atoms in total. The number of aliphatic hydroxyl groups excluding tert-OH is 1. The van der Waals surface area contributed by atoms with Gasteiger partial charge in [-0.1, -0.05) is 12.2 Å². The lowest BCUT2D eigenvalue weighted by Gasteiger charge is -2.28. The number of aliphatic hydroxyl groups is 1. The number of phosphoric ester groups is 1. The zero-order valence-electron chi connectivity index (χ0n) is 15.5. The van der Waals surface area contributed by atoms with Crippen molar-refractivity contribution in [2.45, 2.75) is 19.1 Å². The quantitative estimate of drug-likeness (QED) is 0.156. The van der Waals surface area contributed by atoms with E-state index in [1.165, 1.54) is 0 Å². The summed E-state index contributed by atoms with van der Waals surface area (Å²) in [6.45, 7) is 2.00. The van der Waals surface area contributed by atoms with E-state index in [-0.39, 0.29) is 19.5 Å². The number of allylic oxidation sites excluding steroid dienone is 1. The largest absolute Gasteiger partial charge is 0.756 e. The minimum absolute atomic E-state index is 0.0345. The molecule has 0 spiro atoms. The fourth-order valence-corrected chi connectivity index (χ4v) is 1.80. The normalized spacial score (nSPS) is 18.5. The van der Waals surface area contributed by atoms with Crippen molar-refractivity contribution in [2.75, 3.05) is 40.9 Å². The van der Waals surface area contributed by atoms with Gasteiger partial charge in [0.2, 0.25) is 7.67 Å². The van der Waals surface area contributed by atoms with Crippen molar-refractivity contribution < 1.29 is 28.1 Å². The van der Waals surface area contributed by atoms with Gasteiger partial charge in [-0.05, 0) is 8.26 Å². The van der Waals surface area contributed by atoms with Crippen molar-refractivity contribution in [2.24, 2.45) is 5.73 Å². The average Bonchev–Trinajstić information content (AvgIpc) is 2.40. The smallest absolute Gasteiger partial charge is 0.268 e. The monoisotopic (exact) mass is 377 g/mol. The van der Waals surface area contributed by atoms with E-state index >= 15 is 0 Å². The number of phosphoric acid groups is 1. The molecule has 0 aliphatic carbocycles. The topological polar surface area (TPSA) is 105 Å². The summed E-state index contributed by atoms with van der Waals surface area (Å²) in [5.74, 6) is 0. The van der Waals surface area contributed by atoms with E-state index in [0.717, 1.165) is 0 Å². The van der Waals surface area contributed by atoms with Crippen LogP contribution < -0.4 is 10.6 Å². The Bertz CT molecular complexity index is 402. The highest BCUT2D eigenvalue weighted by Crippen LogP contribution is 2.38. The van der Waals surface area contributed by atoms with Gasteiger partial charge in [-0.15, -0.1) is 0 Å². The van der Waals surface area contributed by atoms with Gasteiger partial charge in [-0.2, -0.15) is 9.12 Å². The zero-order chi connectivity index (χ0) is 19.4. The fraction of sp³-hybridized carbons (Fsp3) is 0.818. The van der Waals surface area contributed by atoms with Gasteiger partial charge in [0.25, 0.3) is 7.82 Å². The van der Waals surface area contributed by atoms with Crippen molar-refractivity contribution in [1.82, 2.24) is 0 Å². The van der Waals surface area contributed by atoms with E-state index in [0.29, 0.717) is 11.0 Å². The van der Waals surface area contributed by atoms with Gasteiger partial charge in [-0.25, -0.2) is 12.5 Å². The van der Waals surface area contributed by atoms with Crippen LogP contribution in [-0.2, 0) is 13.6 Å². The van der Waals surface area contributed by atoms with Crippen LogP contribution in [-0.4, -0.2) is 71.6 Å². The molecule has 4 atom stereocenters. The van der Waals surface area contributed by atoms with E-state index in [9.17, 15) is 9.46 Å². The van der Waals surface area contributed by atoms with Crippen molar-refractivity contribution in [3.8, 4) is 0 Å². The molecule has 132 valence electrons. The highest BCUT2D eigenvalue weighted by Gasteiger charge is 2.17. The Labute approximate surface area is 145 Å². The fourth-order valence-electron chi connectivity index (χ4n) is 1.07. The van der Waals surface area contributed by atoms with Gasteiger partial charge in [-0.3, -0.25) is 4.57 Å². The first kappa shape index (κ1) is 20.6. The van der Waals surface area contributed by atoms with Crippen LogP contribution in [0, 0.1) is 0 Å². The molecule has 3 N–H and O–H groups in total. The Balaban J connectivity index is 0. The van der Waals surface area contributed by atoms with E-state index in [4.69, 9.17) is 13.0 Å². The van der Waals surface area contributed by atoms with Gasteiger partial charge >= 0.3 is 0 Å². The minimum atomic E-state index is -4.38. The molecule has 0 amide bonds. The van der Waals surface area contributed by atoms with Crippen LogP contribution in [0.25, 0.3) is 0 Å². The predicted octanol–water partition coefficient (Wildman–Crippen LogP) is -0.484. The molecule has 0 saturated heterocycles. The molecule has 0 heterocycles. The third-order valence-electron chi connectivity index (χ3n) is 2.24. The number of quaternary nitrogens is 1. The molecule has 0 aromatic carbocycles. The summed E-state index contributed by atoms with van der Waals surface area (Å²) in [6.07, 6.45) is 2.17. The van der Waals surface area contributed by atoms with Gasteiger partial charge in [0.05, 0.1) is 39.9 Å². The van der Waals surface area contributed by atoms with Crippen LogP contribution in [0.15, 0.2) is 12.2 Å². The molecule has 0 bridgehead atoms. The summed E-state index contributed by atoms with van der Waals surface area (Å²) >= 11 is 3.60. The van der Waals surface area contributed by atoms with Crippen LogP contribution in [0.5, 0.6) is 0 Å². The maximum absolute atomic E-state index is 11.5. The second kappa shape index (κ2) is 12.9. The third-order valence-corrected chi connectivity index (χ3v) is 3.20. The predicted molar refractivity (Wildman–Crippen MR) is 97.1 cm³/mol. The summed E-state index contributed by atoms with van der Waals surface area (Å²) in [4.78, 5) is 11.5. The number of hydrogen-bond acceptors (Lipinski definition) is 7. The van der Waals surface area contributed by atoms with Crippen molar-refractivity contribution >= 4 is 35.7 Å². The van der Waals surface area contributed by atoms with Gasteiger partial charge in [0, 0.05) is 0 Å². The van der Waals surface area contributed by atoms with Crippen LogP contribution in [0.4, 0.5) is 0 Å². The van der Waals surface area contributed by atoms with Crippen molar-refractivity contribution in [1.29, 1.82) is 2.77 Å². The van der Waals surface area contributed by atoms with Gasteiger partial charge in [0.15, 0.2) is 0 Å². The van der Waals surface area contributed by atoms with Crippen LogP contribution in [0.2, 0.25) is 0 Å². The average molecular weight is 377 g/mol. The number of likely N-dealkylation sites (N-methyl/N-ethyl adjacent to an activating group) is 1. The first-order chi connectivity index (χ1) is 10.8. The lowest BCUT2D eigenvalue weighted by molar-refractivity contribution is -0.870. The Morgan fingerprint density at radius 2 is 2.23 bits per heavy atom. The lowest BCUT2D eigenvalue weighted by Crippen LogP contribution is -2.39. The number of thiol groups is 1. The molecule has 0 aliphatic heterocycles. The lowest BCUT2D eigenvalue weighted by atomic mass is 10.2. The molecule has 0 saturated carbocycles. The molecule has 0 aliphatic rings. The van der Waals surface area contributed by atoms with Crippen LogP contribution in [0.1, 0.15) is 6.92 Å². The van der Waals surface area contributed by atoms with Crippen molar-refractivity contribution in [3.63, 3.8) is 0 Å². The Morgan fingerprint density at radius 3 is 2.64 bits per heavy atom. The van der Waals surface area contributed by atoms with E-state index in [2.05, 4.69) is 31.2 Å². The standard InChI is InChI=1S/C11H25N2O5P.BH4PS/c1-5-6-11(14)10(12)9-18-19(15,16)17-8-7-13(2,3)4;2-1-3/h5-6,10-11,14H,7-9,12H2,1-4H3;1,3H,2H2/b6-5+;/t10-,11+;/m0./s1/i14T;1D. The highest BCUT2D eigenvalue weighted by atomic mass is 32.1. The first-order valence-corrected chi connectivity index (χ1v) is 9.26. The minimum Gasteiger partial charge on any atom is -0.756 e. The van der Waals surface area contributed by atoms with E-state index in [1.54, 1.807) is 19.1 Å². The summed E-state index contributed by atoms with van der Waals surface area (Å²) in [5, 5.41) is 4.37. The number of rotatable bonds is 10. The number of nitrogens with zero attached hydrogens (tertiary/aromatic N) is 1. The third kappa shape index (κ3) is 16.9. The van der Waals surface area contributed by atoms with E-state index < -0.39 is 20.0 Å². The molecule has 2 unspecified atom stereocenters. The Kier molecular flexibility index (Phi) is 12.1. The second-order valence-corrected chi connectivity index (χ2v) is 8.00. The van der Waals surface area contributed by atoms with E-state index in [1.807, 2.05) is 21.1 Å². The summed E-state index contributed by atoms with van der Waals surface area (Å²) in [6, 6.07) is -0.770. The number of nitrogens with two attached hydrogens (primary N) is 1. The number of hydrogen-bond donors (Lipinski definition) is 3. The SMILES string of the molecule is [2H]B(P)S.[3H]O[C@H](/C=C/C)[C@@H](N)COP(=O)([O-])OCC[N+](C)(C)C. The first-order valence-electron chi connectivity index (χ1n) is 7.60.